The lowest BCUT2D eigenvalue weighted by Gasteiger charge is -2.20. The summed E-state index contributed by atoms with van der Waals surface area (Å²) >= 11 is 2.87. The molecule has 7 nitrogen and oxygen atoms in total. The average molecular weight is 707 g/mol. The van der Waals surface area contributed by atoms with Crippen LogP contribution in [0, 0.1) is 12.3 Å². The zero-order valence-corrected chi connectivity index (χ0v) is 30.3. The maximum atomic E-state index is 12.9. The van der Waals surface area contributed by atoms with Crippen LogP contribution in [0.1, 0.15) is 87.7 Å². The summed E-state index contributed by atoms with van der Waals surface area (Å²) in [6.45, 7) is 2.22. The molecule has 0 saturated carbocycles. The average Bonchev–Trinajstić information content (AvgIpc) is 3.81. The van der Waals surface area contributed by atoms with Gasteiger partial charge in [-0.25, -0.2) is 14.8 Å². The molecular weight excluding hydrogens is 661 g/mol. The highest BCUT2D eigenvalue weighted by molar-refractivity contribution is 7.17. The van der Waals surface area contributed by atoms with Crippen LogP contribution in [0.25, 0.3) is 21.3 Å². The van der Waals surface area contributed by atoms with E-state index in [-0.39, 0.29) is 12.6 Å². The molecule has 0 aliphatic rings. The molecule has 50 heavy (non-hydrogen) atoms. The molecule has 2 aromatic heterocycles. The SMILES string of the molecule is C#Cc1nc(NC(=O)N[C@@H](COC(=O)CCC/C=C\C/C=C\C/C=C\C/C=C\CCCCC)c2ccc(-c3cccc4ncsc34)cc2)cs1. The van der Waals surface area contributed by atoms with E-state index in [4.69, 9.17) is 11.2 Å². The van der Waals surface area contributed by atoms with Crippen LogP contribution in [0.15, 0.2) is 102 Å². The van der Waals surface area contributed by atoms with Crippen LogP contribution in [0.5, 0.6) is 0 Å². The third kappa shape index (κ3) is 13.3. The Hall–Kier alpha value is -4.78. The third-order valence-electron chi connectivity index (χ3n) is 7.78. The Morgan fingerprint density at radius 1 is 0.900 bits per heavy atom. The number of nitrogens with one attached hydrogen (secondary N) is 2. The van der Waals surface area contributed by atoms with Gasteiger partial charge in [0.15, 0.2) is 5.01 Å². The van der Waals surface area contributed by atoms with Crippen molar-refractivity contribution in [1.29, 1.82) is 0 Å². The number of urea groups is 1. The van der Waals surface area contributed by atoms with Gasteiger partial charge in [-0.2, -0.15) is 0 Å². The second-order valence-electron chi connectivity index (χ2n) is 11.6. The molecule has 2 amide bonds. The predicted octanol–water partition coefficient (Wildman–Crippen LogP) is 11.0. The van der Waals surface area contributed by atoms with E-state index in [2.05, 4.69) is 88.1 Å². The second kappa shape index (κ2) is 22.0. The number of carbonyl (C=O) groups excluding carboxylic acids is 2. The van der Waals surface area contributed by atoms with Crippen molar-refractivity contribution in [3.8, 4) is 23.5 Å². The Balaban J connectivity index is 1.22. The predicted molar refractivity (Wildman–Crippen MR) is 209 cm³/mol. The number of terminal acetylenes is 1. The van der Waals surface area contributed by atoms with Gasteiger partial charge in [-0.15, -0.1) is 29.1 Å². The molecule has 9 heteroatoms. The fraction of sp³-hybridized carbons (Fsp3) is 0.317. The minimum atomic E-state index is -0.577. The number of benzene rings is 2. The number of aromatic nitrogens is 2. The molecule has 260 valence electrons. The van der Waals surface area contributed by atoms with Crippen LogP contribution in [0.4, 0.5) is 10.6 Å². The molecule has 4 rings (SSSR count). The molecule has 2 heterocycles. The standard InChI is InChI=1S/C41H46N4O3S2/c1-3-5-6-7-8-9-10-11-12-13-14-15-16-17-18-19-20-24-39(46)48-29-36(43-41(47)45-37-30-49-38(4-2)44-37)33-27-25-32(26-28-33)34-22-21-23-35-40(34)50-31-42-35/h2,8-9,11-12,14-15,17-18,21-23,25-28,30-31,36H,3,5-7,10,13,16,19-20,24,29H2,1H3,(H2,43,45,47)/b9-8-,12-11-,15-14-,18-17-/t36-/m0/s1. The van der Waals surface area contributed by atoms with E-state index in [1.807, 2.05) is 41.9 Å². The Morgan fingerprint density at radius 3 is 2.28 bits per heavy atom. The molecule has 2 N–H and O–H groups in total. The zero-order chi connectivity index (χ0) is 35.2. The van der Waals surface area contributed by atoms with Crippen LogP contribution >= 0.6 is 22.7 Å². The van der Waals surface area contributed by atoms with Crippen molar-refractivity contribution in [2.75, 3.05) is 11.9 Å². The second-order valence-corrected chi connectivity index (χ2v) is 13.3. The van der Waals surface area contributed by atoms with E-state index < -0.39 is 12.1 Å². The molecule has 1 atom stereocenters. The van der Waals surface area contributed by atoms with Crippen LogP contribution in [0.2, 0.25) is 0 Å². The third-order valence-corrected chi connectivity index (χ3v) is 9.42. The van der Waals surface area contributed by atoms with Crippen molar-refractivity contribution >= 4 is 50.7 Å². The first-order valence-corrected chi connectivity index (χ1v) is 19.0. The van der Waals surface area contributed by atoms with Crippen molar-refractivity contribution in [1.82, 2.24) is 15.3 Å². The molecule has 4 aromatic rings. The summed E-state index contributed by atoms with van der Waals surface area (Å²) in [7, 11) is 0. The van der Waals surface area contributed by atoms with Gasteiger partial charge in [-0.1, -0.05) is 105 Å². The number of esters is 1. The Labute approximate surface area is 304 Å². The van der Waals surface area contributed by atoms with E-state index >= 15 is 0 Å². The number of allylic oxidation sites excluding steroid dienone is 8. The fourth-order valence-corrected chi connectivity index (χ4v) is 6.49. The highest BCUT2D eigenvalue weighted by Crippen LogP contribution is 2.32. The van der Waals surface area contributed by atoms with Gasteiger partial charge in [0.25, 0.3) is 0 Å². The first kappa shape index (κ1) is 38.0. The van der Waals surface area contributed by atoms with Crippen LogP contribution in [-0.4, -0.2) is 28.6 Å². The fourth-order valence-electron chi connectivity index (χ4n) is 5.11. The lowest BCUT2D eigenvalue weighted by Crippen LogP contribution is -2.35. The number of fused-ring (bicyclic) bond motifs is 1. The molecule has 0 spiro atoms. The van der Waals surface area contributed by atoms with E-state index in [1.165, 1.54) is 37.0 Å². The minimum Gasteiger partial charge on any atom is -0.463 e. The molecule has 0 radical (unpaired) electrons. The quantitative estimate of drug-likeness (QED) is 0.0413. The smallest absolute Gasteiger partial charge is 0.321 e. The van der Waals surface area contributed by atoms with E-state index in [9.17, 15) is 9.59 Å². The summed E-state index contributed by atoms with van der Waals surface area (Å²) in [5.74, 6) is 2.52. The number of rotatable bonds is 20. The Bertz CT molecular complexity index is 1790. The summed E-state index contributed by atoms with van der Waals surface area (Å²) < 4.78 is 6.76. The molecule has 0 saturated heterocycles. The van der Waals surface area contributed by atoms with Crippen molar-refractivity contribution in [3.05, 3.63) is 113 Å². The molecule has 0 aliphatic carbocycles. The van der Waals surface area contributed by atoms with E-state index in [0.29, 0.717) is 23.7 Å². The maximum Gasteiger partial charge on any atom is 0.321 e. The topological polar surface area (TPSA) is 93.2 Å². The lowest BCUT2D eigenvalue weighted by molar-refractivity contribution is -0.144. The monoisotopic (exact) mass is 706 g/mol. The normalized spacial score (nSPS) is 12.3. The maximum absolute atomic E-state index is 12.9. The molecular formula is C41H46N4O3S2. The number of hydrogen-bond acceptors (Lipinski definition) is 7. The van der Waals surface area contributed by atoms with Crippen LogP contribution < -0.4 is 10.6 Å². The molecule has 0 aliphatic heterocycles. The highest BCUT2D eigenvalue weighted by atomic mass is 32.1. The van der Waals surface area contributed by atoms with Gasteiger partial charge in [0.2, 0.25) is 0 Å². The number of nitrogens with zero attached hydrogens (tertiary/aromatic N) is 2. The summed E-state index contributed by atoms with van der Waals surface area (Å²) in [6.07, 6.45) is 32.5. The number of anilines is 1. The summed E-state index contributed by atoms with van der Waals surface area (Å²) in [5, 5.41) is 7.80. The number of amides is 2. The van der Waals surface area contributed by atoms with Gasteiger partial charge in [-0.3, -0.25) is 10.1 Å². The first-order chi connectivity index (χ1) is 24.6. The zero-order valence-electron chi connectivity index (χ0n) is 28.7. The Kier molecular flexibility index (Phi) is 16.8. The van der Waals surface area contributed by atoms with E-state index in [1.54, 1.807) is 16.7 Å². The number of thiazole rings is 2. The number of ether oxygens (including phenoxy) is 1. The van der Waals surface area contributed by atoms with Gasteiger partial charge < -0.3 is 10.1 Å². The minimum absolute atomic E-state index is 0.00692. The lowest BCUT2D eigenvalue weighted by atomic mass is 10.0. The van der Waals surface area contributed by atoms with Gasteiger partial charge in [-0.05, 0) is 68.1 Å². The molecule has 0 fully saturated rings. The van der Waals surface area contributed by atoms with Crippen LogP contribution in [0.3, 0.4) is 0 Å². The highest BCUT2D eigenvalue weighted by Gasteiger charge is 2.18. The van der Waals surface area contributed by atoms with Gasteiger partial charge >= 0.3 is 12.0 Å². The van der Waals surface area contributed by atoms with Crippen molar-refractivity contribution in [3.63, 3.8) is 0 Å². The molecule has 2 aromatic carbocycles. The number of unbranched alkanes of at least 4 members (excludes halogenated alkanes) is 4. The summed E-state index contributed by atoms with van der Waals surface area (Å²) in [4.78, 5) is 34.2. The van der Waals surface area contributed by atoms with Crippen LogP contribution in [-0.2, 0) is 9.53 Å². The van der Waals surface area contributed by atoms with Gasteiger partial charge in [0.1, 0.15) is 12.4 Å². The van der Waals surface area contributed by atoms with Crippen molar-refractivity contribution < 1.29 is 14.3 Å². The number of hydrogen-bond donors (Lipinski definition) is 2. The summed E-state index contributed by atoms with van der Waals surface area (Å²) in [5.41, 5.74) is 5.72. The first-order valence-electron chi connectivity index (χ1n) is 17.2. The number of carbonyl (C=O) groups is 2. The Morgan fingerprint density at radius 2 is 1.60 bits per heavy atom. The van der Waals surface area contributed by atoms with Gasteiger partial charge in [0, 0.05) is 17.4 Å². The molecule has 0 unspecified atom stereocenters. The summed E-state index contributed by atoms with van der Waals surface area (Å²) in [6, 6.07) is 12.9. The van der Waals surface area contributed by atoms with Gasteiger partial charge in [0.05, 0.1) is 21.8 Å². The van der Waals surface area contributed by atoms with E-state index in [0.717, 1.165) is 52.6 Å². The largest absolute Gasteiger partial charge is 0.463 e. The van der Waals surface area contributed by atoms with Crippen molar-refractivity contribution in [2.24, 2.45) is 0 Å². The molecule has 0 bridgehead atoms. The van der Waals surface area contributed by atoms with Crippen molar-refractivity contribution in [2.45, 2.75) is 77.2 Å².